The lowest BCUT2D eigenvalue weighted by atomic mass is 9.88. The average molecular weight is 308 g/mol. The Morgan fingerprint density at radius 1 is 0.913 bits per heavy atom. The highest BCUT2D eigenvalue weighted by atomic mass is 16.4. The van der Waals surface area contributed by atoms with Crippen LogP contribution >= 0.6 is 0 Å². The first-order valence-electron chi connectivity index (χ1n) is 7.29. The molecular formula is C18H14NO4-. The van der Waals surface area contributed by atoms with Crippen molar-refractivity contribution in [2.24, 2.45) is 0 Å². The molecule has 1 aliphatic heterocycles. The van der Waals surface area contributed by atoms with Crippen molar-refractivity contribution in [3.63, 3.8) is 0 Å². The van der Waals surface area contributed by atoms with Gasteiger partial charge >= 0.3 is 0 Å². The molecule has 23 heavy (non-hydrogen) atoms. The van der Waals surface area contributed by atoms with Crippen LogP contribution in [0, 0.1) is 0 Å². The normalized spacial score (nSPS) is 15.7. The van der Waals surface area contributed by atoms with Crippen molar-refractivity contribution < 1.29 is 19.5 Å². The predicted molar refractivity (Wildman–Crippen MR) is 81.7 cm³/mol. The van der Waals surface area contributed by atoms with Gasteiger partial charge < -0.3 is 9.90 Å². The third-order valence-electron chi connectivity index (χ3n) is 3.98. The van der Waals surface area contributed by atoms with E-state index in [0.717, 1.165) is 10.5 Å². The van der Waals surface area contributed by atoms with E-state index >= 15 is 0 Å². The fraction of sp³-hybridized carbons (Fsp3) is 0.167. The highest BCUT2D eigenvalue weighted by Gasteiger charge is 2.35. The Hall–Kier alpha value is -2.95. The molecule has 1 heterocycles. The van der Waals surface area contributed by atoms with Crippen molar-refractivity contribution >= 4 is 23.5 Å². The summed E-state index contributed by atoms with van der Waals surface area (Å²) in [5.74, 6) is -2.39. The molecule has 2 aromatic carbocycles. The van der Waals surface area contributed by atoms with E-state index < -0.39 is 17.8 Å². The van der Waals surface area contributed by atoms with Crippen molar-refractivity contribution in [3.8, 4) is 0 Å². The number of carboxylic acid groups (broad SMARTS) is 1. The van der Waals surface area contributed by atoms with Gasteiger partial charge in [0.05, 0.1) is 11.7 Å². The smallest absolute Gasteiger partial charge is 0.234 e. The topological polar surface area (TPSA) is 77.5 Å². The summed E-state index contributed by atoms with van der Waals surface area (Å²) >= 11 is 0. The van der Waals surface area contributed by atoms with Crippen molar-refractivity contribution in [1.29, 1.82) is 0 Å². The molecule has 3 rings (SSSR count). The molecule has 0 aromatic heterocycles. The minimum atomic E-state index is -1.41. The Labute approximate surface area is 133 Å². The lowest BCUT2D eigenvalue weighted by Gasteiger charge is -2.31. The van der Waals surface area contributed by atoms with Gasteiger partial charge in [-0.1, -0.05) is 48.5 Å². The van der Waals surface area contributed by atoms with Crippen molar-refractivity contribution in [2.45, 2.75) is 18.8 Å². The second-order valence-corrected chi connectivity index (χ2v) is 5.44. The highest BCUT2D eigenvalue weighted by molar-refractivity contribution is 6.19. The molecule has 1 aliphatic rings. The van der Waals surface area contributed by atoms with Crippen LogP contribution in [0.1, 0.15) is 34.7 Å². The summed E-state index contributed by atoms with van der Waals surface area (Å²) in [6, 6.07) is 15.3. The minimum absolute atomic E-state index is 0.0778. The number of rotatable bonds is 3. The van der Waals surface area contributed by atoms with Crippen molar-refractivity contribution in [2.75, 3.05) is 4.90 Å². The van der Waals surface area contributed by atoms with Gasteiger partial charge in [0.2, 0.25) is 11.8 Å². The largest absolute Gasteiger partial charge is 0.545 e. The van der Waals surface area contributed by atoms with E-state index in [1.807, 2.05) is 30.3 Å². The maximum atomic E-state index is 12.5. The summed E-state index contributed by atoms with van der Waals surface area (Å²) in [6.45, 7) is 0. The number of carboxylic acids is 1. The number of aromatic carboxylic acids is 1. The van der Waals surface area contributed by atoms with E-state index in [1.165, 1.54) is 18.2 Å². The molecule has 0 saturated carbocycles. The molecule has 2 amide bonds. The number of amides is 2. The second-order valence-electron chi connectivity index (χ2n) is 5.44. The molecule has 0 radical (unpaired) electrons. The zero-order chi connectivity index (χ0) is 16.4. The number of para-hydroxylation sites is 1. The van der Waals surface area contributed by atoms with Crippen molar-refractivity contribution in [3.05, 3.63) is 65.7 Å². The van der Waals surface area contributed by atoms with Crippen LogP contribution < -0.4 is 10.0 Å². The minimum Gasteiger partial charge on any atom is -0.545 e. The zero-order valence-electron chi connectivity index (χ0n) is 12.3. The Kier molecular flexibility index (Phi) is 3.93. The van der Waals surface area contributed by atoms with Crippen molar-refractivity contribution in [1.82, 2.24) is 0 Å². The van der Waals surface area contributed by atoms with Gasteiger partial charge in [0.15, 0.2) is 0 Å². The van der Waals surface area contributed by atoms with Gasteiger partial charge in [-0.2, -0.15) is 0 Å². The molecule has 0 spiro atoms. The zero-order valence-corrected chi connectivity index (χ0v) is 12.3. The molecule has 0 atom stereocenters. The highest BCUT2D eigenvalue weighted by Crippen LogP contribution is 2.33. The third-order valence-corrected chi connectivity index (χ3v) is 3.98. The maximum absolute atomic E-state index is 12.5. The molecule has 1 fully saturated rings. The number of imide groups is 1. The van der Waals surface area contributed by atoms with Crippen LogP contribution in [0.5, 0.6) is 0 Å². The first-order chi connectivity index (χ1) is 11.1. The SMILES string of the molecule is O=C([O-])c1ccccc1N1C(=O)CC(c2ccccc2)CC1=O. The molecule has 1 saturated heterocycles. The number of benzene rings is 2. The van der Waals surface area contributed by atoms with Crippen LogP contribution in [-0.4, -0.2) is 17.8 Å². The predicted octanol–water partition coefficient (Wildman–Crippen LogP) is 1.49. The van der Waals surface area contributed by atoms with Gasteiger partial charge in [-0.3, -0.25) is 9.59 Å². The van der Waals surface area contributed by atoms with Crippen LogP contribution in [0.3, 0.4) is 0 Å². The van der Waals surface area contributed by atoms with Gasteiger partial charge in [0, 0.05) is 24.3 Å². The van der Waals surface area contributed by atoms with Gasteiger partial charge in [-0.25, -0.2) is 4.90 Å². The molecule has 116 valence electrons. The Morgan fingerprint density at radius 2 is 1.48 bits per heavy atom. The maximum Gasteiger partial charge on any atom is 0.234 e. The second kappa shape index (κ2) is 6.04. The summed E-state index contributed by atoms with van der Waals surface area (Å²) < 4.78 is 0. The van der Waals surface area contributed by atoms with Crippen LogP contribution in [0.4, 0.5) is 5.69 Å². The fourth-order valence-corrected chi connectivity index (χ4v) is 2.89. The van der Waals surface area contributed by atoms with Crippen LogP contribution in [0.25, 0.3) is 0 Å². The summed E-state index contributed by atoms with van der Waals surface area (Å²) in [7, 11) is 0. The lowest BCUT2D eigenvalue weighted by molar-refractivity contribution is -0.254. The molecule has 0 unspecified atom stereocenters. The summed E-state index contributed by atoms with van der Waals surface area (Å²) in [5, 5.41) is 11.2. The number of carbonyl (C=O) groups is 3. The van der Waals surface area contributed by atoms with E-state index in [9.17, 15) is 19.5 Å². The van der Waals surface area contributed by atoms with E-state index in [4.69, 9.17) is 0 Å². The summed E-state index contributed by atoms with van der Waals surface area (Å²) in [4.78, 5) is 37.1. The standard InChI is InChI=1S/C18H15NO4/c20-16-10-13(12-6-2-1-3-7-12)11-17(21)19(16)15-9-5-4-8-14(15)18(22)23/h1-9,13H,10-11H2,(H,22,23)/p-1. The summed E-state index contributed by atoms with van der Waals surface area (Å²) in [5.41, 5.74) is 0.850. The van der Waals surface area contributed by atoms with Crippen LogP contribution in [0.15, 0.2) is 54.6 Å². The summed E-state index contributed by atoms with van der Waals surface area (Å²) in [6.07, 6.45) is 0.328. The number of hydrogen-bond donors (Lipinski definition) is 0. The third kappa shape index (κ3) is 2.85. The number of carbonyl (C=O) groups excluding carboxylic acids is 3. The number of nitrogens with zero attached hydrogens (tertiary/aromatic N) is 1. The molecule has 5 nitrogen and oxygen atoms in total. The van der Waals surface area contributed by atoms with E-state index in [-0.39, 0.29) is 30.0 Å². The first-order valence-corrected chi connectivity index (χ1v) is 7.29. The lowest BCUT2D eigenvalue weighted by Crippen LogP contribution is -2.44. The van der Waals surface area contributed by atoms with E-state index in [2.05, 4.69) is 0 Å². The Bertz CT molecular complexity index is 752. The molecule has 5 heteroatoms. The van der Waals surface area contributed by atoms with Crippen LogP contribution in [-0.2, 0) is 9.59 Å². The Morgan fingerprint density at radius 3 is 2.09 bits per heavy atom. The molecule has 0 aliphatic carbocycles. The molecular weight excluding hydrogens is 294 g/mol. The Balaban J connectivity index is 1.92. The van der Waals surface area contributed by atoms with Gasteiger partial charge in [0.1, 0.15) is 0 Å². The first kappa shape index (κ1) is 15.0. The number of hydrogen-bond acceptors (Lipinski definition) is 4. The average Bonchev–Trinajstić information content (AvgIpc) is 2.55. The van der Waals surface area contributed by atoms with Gasteiger partial charge in [0.25, 0.3) is 0 Å². The van der Waals surface area contributed by atoms with Gasteiger partial charge in [-0.15, -0.1) is 0 Å². The van der Waals surface area contributed by atoms with Gasteiger partial charge in [-0.05, 0) is 11.6 Å². The number of anilines is 1. The molecule has 0 bridgehead atoms. The van der Waals surface area contributed by atoms with E-state index in [1.54, 1.807) is 6.07 Å². The number of piperidine rings is 1. The van der Waals surface area contributed by atoms with Crippen LogP contribution in [0.2, 0.25) is 0 Å². The quantitative estimate of drug-likeness (QED) is 0.805. The molecule has 2 aromatic rings. The molecule has 0 N–H and O–H groups in total. The monoisotopic (exact) mass is 308 g/mol. The fourth-order valence-electron chi connectivity index (χ4n) is 2.89. The van der Waals surface area contributed by atoms with E-state index in [0.29, 0.717) is 0 Å².